The van der Waals surface area contributed by atoms with Crippen molar-refractivity contribution in [1.82, 2.24) is 15.5 Å². The fourth-order valence-electron chi connectivity index (χ4n) is 2.33. The third kappa shape index (κ3) is 8.24. The van der Waals surface area contributed by atoms with Crippen LogP contribution in [0.3, 0.4) is 0 Å². The van der Waals surface area contributed by atoms with Crippen molar-refractivity contribution >= 4 is 24.2 Å². The Morgan fingerprint density at radius 3 is 2.81 bits per heavy atom. The van der Waals surface area contributed by atoms with Crippen molar-refractivity contribution < 1.29 is 14.3 Å². The maximum atomic E-state index is 12.0. The molecule has 0 aromatic carbocycles. The van der Waals surface area contributed by atoms with Gasteiger partial charge in [0, 0.05) is 39.2 Å². The zero-order chi connectivity index (χ0) is 14.8. The molecular weight excluding hydrogens is 294 g/mol. The predicted molar refractivity (Wildman–Crippen MR) is 84.6 cm³/mol. The normalized spacial score (nSPS) is 18.0. The quantitative estimate of drug-likeness (QED) is 0.641. The second-order valence-corrected chi connectivity index (χ2v) is 5.17. The van der Waals surface area contributed by atoms with Gasteiger partial charge in [-0.15, -0.1) is 12.4 Å². The molecule has 0 radical (unpaired) electrons. The molecule has 2 N–H and O–H groups in total. The molecule has 1 unspecified atom stereocenters. The number of nitrogens with one attached hydrogen (secondary N) is 2. The molecule has 21 heavy (non-hydrogen) atoms. The Balaban J connectivity index is 0.00000400. The molecule has 6 nitrogen and oxygen atoms in total. The van der Waals surface area contributed by atoms with Crippen LogP contribution in [0.2, 0.25) is 0 Å². The molecule has 0 saturated carbocycles. The number of carbonyl (C=O) groups is 2. The molecule has 0 aliphatic carbocycles. The van der Waals surface area contributed by atoms with Crippen molar-refractivity contribution in [1.29, 1.82) is 0 Å². The van der Waals surface area contributed by atoms with Crippen molar-refractivity contribution in [3.63, 3.8) is 0 Å². The van der Waals surface area contributed by atoms with Gasteiger partial charge in [-0.1, -0.05) is 6.92 Å². The number of hydrogen-bond acceptors (Lipinski definition) is 4. The second kappa shape index (κ2) is 11.8. The van der Waals surface area contributed by atoms with Crippen molar-refractivity contribution in [2.75, 3.05) is 39.9 Å². The summed E-state index contributed by atoms with van der Waals surface area (Å²) in [4.78, 5) is 25.5. The van der Waals surface area contributed by atoms with E-state index in [-0.39, 0.29) is 30.3 Å². The Labute approximate surface area is 133 Å². The van der Waals surface area contributed by atoms with E-state index in [1.807, 2.05) is 11.8 Å². The molecular formula is C14H28ClN3O3. The fraction of sp³-hybridized carbons (Fsp3) is 0.857. The Hall–Kier alpha value is -0.850. The number of hydrogen-bond donors (Lipinski definition) is 2. The molecule has 1 aliphatic heterocycles. The summed E-state index contributed by atoms with van der Waals surface area (Å²) < 4.78 is 4.92. The minimum absolute atomic E-state index is 0. The SMILES string of the molecule is CCCC(=O)NC1CCCN(C(=O)CNCCOC)C1.Cl. The zero-order valence-electron chi connectivity index (χ0n) is 13.0. The maximum absolute atomic E-state index is 12.0. The van der Waals surface area contributed by atoms with E-state index >= 15 is 0 Å². The molecule has 1 rings (SSSR count). The first kappa shape index (κ1) is 20.1. The third-order valence-electron chi connectivity index (χ3n) is 3.38. The van der Waals surface area contributed by atoms with Gasteiger partial charge >= 0.3 is 0 Å². The number of nitrogens with zero attached hydrogens (tertiary/aromatic N) is 1. The summed E-state index contributed by atoms with van der Waals surface area (Å²) in [5, 5.41) is 6.06. The monoisotopic (exact) mass is 321 g/mol. The average Bonchev–Trinajstić information content (AvgIpc) is 2.44. The highest BCUT2D eigenvalue weighted by Crippen LogP contribution is 2.10. The van der Waals surface area contributed by atoms with Gasteiger partial charge in [-0.2, -0.15) is 0 Å². The van der Waals surface area contributed by atoms with Crippen molar-refractivity contribution in [2.24, 2.45) is 0 Å². The van der Waals surface area contributed by atoms with E-state index in [0.29, 0.717) is 32.7 Å². The Morgan fingerprint density at radius 2 is 2.14 bits per heavy atom. The molecule has 0 aromatic heterocycles. The molecule has 1 saturated heterocycles. The first-order valence-corrected chi connectivity index (χ1v) is 7.44. The minimum Gasteiger partial charge on any atom is -0.383 e. The van der Waals surface area contributed by atoms with Gasteiger partial charge < -0.3 is 20.3 Å². The van der Waals surface area contributed by atoms with Crippen LogP contribution >= 0.6 is 12.4 Å². The van der Waals surface area contributed by atoms with E-state index in [4.69, 9.17) is 4.74 Å². The highest BCUT2D eigenvalue weighted by Gasteiger charge is 2.24. The first-order chi connectivity index (χ1) is 9.67. The van der Waals surface area contributed by atoms with Crippen LogP contribution in [0.4, 0.5) is 0 Å². The number of methoxy groups -OCH3 is 1. The van der Waals surface area contributed by atoms with Gasteiger partial charge in [0.1, 0.15) is 0 Å². The first-order valence-electron chi connectivity index (χ1n) is 7.44. The fourth-order valence-corrected chi connectivity index (χ4v) is 2.33. The van der Waals surface area contributed by atoms with Gasteiger partial charge in [0.15, 0.2) is 0 Å². The van der Waals surface area contributed by atoms with Crippen LogP contribution in [0.5, 0.6) is 0 Å². The standard InChI is InChI=1S/C14H27N3O3.ClH/c1-3-5-13(18)16-12-6-4-8-17(11-12)14(19)10-15-7-9-20-2;/h12,15H,3-11H2,1-2H3,(H,16,18);1H. The number of piperidine rings is 1. The summed E-state index contributed by atoms with van der Waals surface area (Å²) in [6.45, 7) is 5.00. The molecule has 0 aromatic rings. The summed E-state index contributed by atoms with van der Waals surface area (Å²) in [6, 6.07) is 0.103. The third-order valence-corrected chi connectivity index (χ3v) is 3.38. The van der Waals surface area contributed by atoms with Crippen LogP contribution in [0, 0.1) is 0 Å². The number of amides is 2. The predicted octanol–water partition coefficient (Wildman–Crippen LogP) is 0.552. The van der Waals surface area contributed by atoms with Crippen molar-refractivity contribution in [3.8, 4) is 0 Å². The van der Waals surface area contributed by atoms with Crippen LogP contribution in [0.15, 0.2) is 0 Å². The number of halogens is 1. The molecule has 1 fully saturated rings. The van der Waals surface area contributed by atoms with Gasteiger partial charge in [0.2, 0.25) is 11.8 Å². The topological polar surface area (TPSA) is 70.7 Å². The van der Waals surface area contributed by atoms with E-state index in [1.165, 1.54) is 0 Å². The zero-order valence-corrected chi connectivity index (χ0v) is 13.8. The van der Waals surface area contributed by atoms with E-state index in [1.54, 1.807) is 7.11 Å². The van der Waals surface area contributed by atoms with Gasteiger partial charge in [0.05, 0.1) is 13.2 Å². The Bertz CT molecular complexity index is 316. The average molecular weight is 322 g/mol. The van der Waals surface area contributed by atoms with Gasteiger partial charge in [-0.3, -0.25) is 9.59 Å². The lowest BCUT2D eigenvalue weighted by Crippen LogP contribution is -2.51. The summed E-state index contributed by atoms with van der Waals surface area (Å²) in [6.07, 6.45) is 3.31. The summed E-state index contributed by atoms with van der Waals surface area (Å²) in [5.74, 6) is 0.181. The van der Waals surface area contributed by atoms with Crippen LogP contribution in [0.1, 0.15) is 32.6 Å². The summed E-state index contributed by atoms with van der Waals surface area (Å²) >= 11 is 0. The van der Waals surface area contributed by atoms with Crippen molar-refractivity contribution in [3.05, 3.63) is 0 Å². The van der Waals surface area contributed by atoms with Crippen LogP contribution < -0.4 is 10.6 Å². The number of rotatable bonds is 8. The molecule has 124 valence electrons. The number of ether oxygens (including phenoxy) is 1. The lowest BCUT2D eigenvalue weighted by molar-refractivity contribution is -0.132. The number of carbonyl (C=O) groups excluding carboxylic acids is 2. The van der Waals surface area contributed by atoms with E-state index in [2.05, 4.69) is 10.6 Å². The molecule has 2 amide bonds. The van der Waals surface area contributed by atoms with Gasteiger partial charge in [0.25, 0.3) is 0 Å². The van der Waals surface area contributed by atoms with Crippen LogP contribution in [-0.4, -0.2) is 62.7 Å². The smallest absolute Gasteiger partial charge is 0.236 e. The molecule has 0 spiro atoms. The lowest BCUT2D eigenvalue weighted by Gasteiger charge is -2.33. The molecule has 1 heterocycles. The highest BCUT2D eigenvalue weighted by atomic mass is 35.5. The van der Waals surface area contributed by atoms with E-state index in [9.17, 15) is 9.59 Å². The number of likely N-dealkylation sites (tertiary alicyclic amines) is 1. The van der Waals surface area contributed by atoms with Crippen LogP contribution in [-0.2, 0) is 14.3 Å². The van der Waals surface area contributed by atoms with Gasteiger partial charge in [-0.05, 0) is 19.3 Å². The van der Waals surface area contributed by atoms with E-state index < -0.39 is 0 Å². The largest absolute Gasteiger partial charge is 0.383 e. The van der Waals surface area contributed by atoms with Crippen LogP contribution in [0.25, 0.3) is 0 Å². The maximum Gasteiger partial charge on any atom is 0.236 e. The minimum atomic E-state index is 0. The lowest BCUT2D eigenvalue weighted by atomic mass is 10.1. The molecule has 7 heteroatoms. The molecule has 1 atom stereocenters. The van der Waals surface area contributed by atoms with Gasteiger partial charge in [-0.25, -0.2) is 0 Å². The second-order valence-electron chi connectivity index (χ2n) is 5.17. The summed E-state index contributed by atoms with van der Waals surface area (Å²) in [7, 11) is 1.64. The molecule has 1 aliphatic rings. The Kier molecular flexibility index (Phi) is 11.3. The Morgan fingerprint density at radius 1 is 1.38 bits per heavy atom. The van der Waals surface area contributed by atoms with E-state index in [0.717, 1.165) is 25.8 Å². The summed E-state index contributed by atoms with van der Waals surface area (Å²) in [5.41, 5.74) is 0. The molecule has 0 bridgehead atoms. The van der Waals surface area contributed by atoms with Crippen molar-refractivity contribution in [2.45, 2.75) is 38.6 Å². The highest BCUT2D eigenvalue weighted by molar-refractivity contribution is 5.85.